The fourth-order valence-electron chi connectivity index (χ4n) is 2.64. The van der Waals surface area contributed by atoms with Gasteiger partial charge < -0.3 is 19.5 Å². The maximum absolute atomic E-state index is 12.6. The van der Waals surface area contributed by atoms with Crippen LogP contribution < -0.4 is 10.1 Å². The van der Waals surface area contributed by atoms with Gasteiger partial charge in [0.15, 0.2) is 11.5 Å². The average Bonchev–Trinajstić information content (AvgIpc) is 3.30. The predicted molar refractivity (Wildman–Crippen MR) is 102 cm³/mol. The summed E-state index contributed by atoms with van der Waals surface area (Å²) in [7, 11) is 3.11. The molecule has 9 nitrogen and oxygen atoms in total. The fraction of sp³-hybridized carbons (Fsp3) is 0.263. The number of ether oxygens (including phenoxy) is 1. The third-order valence-electron chi connectivity index (χ3n) is 4.01. The van der Waals surface area contributed by atoms with Crippen molar-refractivity contribution in [2.24, 2.45) is 0 Å². The first-order valence-electron chi connectivity index (χ1n) is 8.56. The largest absolute Gasteiger partial charge is 0.494 e. The summed E-state index contributed by atoms with van der Waals surface area (Å²) in [4.78, 5) is 26.0. The molecule has 0 radical (unpaired) electrons. The lowest BCUT2D eigenvalue weighted by Crippen LogP contribution is -2.35. The summed E-state index contributed by atoms with van der Waals surface area (Å²) in [5.41, 5.74) is 1.98. The zero-order valence-corrected chi connectivity index (χ0v) is 16.1. The number of aryl methyl sites for hydroxylation is 2. The normalized spacial score (nSPS) is 10.6. The quantitative estimate of drug-likeness (QED) is 0.700. The Morgan fingerprint density at radius 2 is 2.04 bits per heavy atom. The van der Waals surface area contributed by atoms with E-state index in [-0.39, 0.29) is 24.1 Å². The highest BCUT2D eigenvalue weighted by Gasteiger charge is 2.19. The van der Waals surface area contributed by atoms with Crippen molar-refractivity contribution in [3.8, 4) is 11.4 Å². The second-order valence-corrected chi connectivity index (χ2v) is 6.35. The van der Waals surface area contributed by atoms with Gasteiger partial charge in [-0.15, -0.1) is 0 Å². The standard InChI is InChI=1S/C19H21N5O4/c1-12-5-6-16(27-4)15(9-12)24-8-7-14(21-24)19(26)23(3)11-18(25)20-17-10-13(2)28-22-17/h5-10H,11H2,1-4H3,(H,20,22,25). The summed E-state index contributed by atoms with van der Waals surface area (Å²) in [6, 6.07) is 8.88. The van der Waals surface area contributed by atoms with E-state index >= 15 is 0 Å². The van der Waals surface area contributed by atoms with Crippen LogP contribution in [0.15, 0.2) is 41.1 Å². The first kappa shape index (κ1) is 19.2. The zero-order valence-electron chi connectivity index (χ0n) is 16.1. The van der Waals surface area contributed by atoms with Crippen LogP contribution in [0.2, 0.25) is 0 Å². The number of aromatic nitrogens is 3. The minimum absolute atomic E-state index is 0.147. The van der Waals surface area contributed by atoms with E-state index in [1.54, 1.807) is 37.0 Å². The molecular formula is C19H21N5O4. The van der Waals surface area contributed by atoms with Crippen LogP contribution in [0.5, 0.6) is 5.75 Å². The van der Waals surface area contributed by atoms with Crippen molar-refractivity contribution >= 4 is 17.6 Å². The maximum atomic E-state index is 12.6. The van der Waals surface area contributed by atoms with Crippen LogP contribution in [0.25, 0.3) is 5.69 Å². The summed E-state index contributed by atoms with van der Waals surface area (Å²) in [6.07, 6.45) is 1.68. The van der Waals surface area contributed by atoms with Crippen LogP contribution >= 0.6 is 0 Å². The van der Waals surface area contributed by atoms with Gasteiger partial charge in [0.25, 0.3) is 5.91 Å². The maximum Gasteiger partial charge on any atom is 0.274 e. The Balaban J connectivity index is 1.69. The molecule has 2 amide bonds. The minimum Gasteiger partial charge on any atom is -0.494 e. The molecule has 0 aliphatic rings. The second-order valence-electron chi connectivity index (χ2n) is 6.35. The Bertz CT molecular complexity index is 1010. The van der Waals surface area contributed by atoms with Gasteiger partial charge in [-0.05, 0) is 37.6 Å². The lowest BCUT2D eigenvalue weighted by atomic mass is 10.2. The van der Waals surface area contributed by atoms with E-state index in [0.29, 0.717) is 17.3 Å². The molecule has 146 valence electrons. The second kappa shape index (κ2) is 7.95. The molecule has 3 aromatic rings. The molecule has 0 bridgehead atoms. The summed E-state index contributed by atoms with van der Waals surface area (Å²) in [5, 5.41) is 10.6. The summed E-state index contributed by atoms with van der Waals surface area (Å²) in [6.45, 7) is 3.53. The van der Waals surface area contributed by atoms with Gasteiger partial charge in [0.2, 0.25) is 5.91 Å². The van der Waals surface area contributed by atoms with Crippen molar-refractivity contribution in [1.29, 1.82) is 0 Å². The smallest absolute Gasteiger partial charge is 0.274 e. The van der Waals surface area contributed by atoms with Gasteiger partial charge in [-0.25, -0.2) is 4.68 Å². The number of likely N-dealkylation sites (N-methyl/N-ethyl adjacent to an activating group) is 1. The average molecular weight is 383 g/mol. The Morgan fingerprint density at radius 3 is 2.71 bits per heavy atom. The number of hydrogen-bond acceptors (Lipinski definition) is 6. The Hall–Kier alpha value is -3.62. The molecule has 2 aromatic heterocycles. The van der Waals surface area contributed by atoms with Crippen molar-refractivity contribution in [2.75, 3.05) is 26.0 Å². The zero-order chi connectivity index (χ0) is 20.3. The minimum atomic E-state index is -0.385. The third kappa shape index (κ3) is 4.20. The van der Waals surface area contributed by atoms with Crippen LogP contribution in [0.4, 0.5) is 5.82 Å². The number of anilines is 1. The van der Waals surface area contributed by atoms with Crippen LogP contribution in [0.3, 0.4) is 0 Å². The summed E-state index contributed by atoms with van der Waals surface area (Å²) >= 11 is 0. The van der Waals surface area contributed by atoms with Gasteiger partial charge >= 0.3 is 0 Å². The van der Waals surface area contributed by atoms with E-state index < -0.39 is 0 Å². The lowest BCUT2D eigenvalue weighted by molar-refractivity contribution is -0.116. The van der Waals surface area contributed by atoms with Crippen LogP contribution in [-0.2, 0) is 4.79 Å². The van der Waals surface area contributed by atoms with Crippen LogP contribution in [-0.4, -0.2) is 52.4 Å². The lowest BCUT2D eigenvalue weighted by Gasteiger charge is -2.15. The Kier molecular flexibility index (Phi) is 5.44. The van der Waals surface area contributed by atoms with Gasteiger partial charge in [-0.2, -0.15) is 5.10 Å². The number of amides is 2. The molecule has 0 spiro atoms. The topological polar surface area (TPSA) is 102 Å². The molecular weight excluding hydrogens is 362 g/mol. The van der Waals surface area contributed by atoms with Gasteiger partial charge in [-0.1, -0.05) is 11.2 Å². The van der Waals surface area contributed by atoms with E-state index in [1.165, 1.54) is 11.9 Å². The number of nitrogens with one attached hydrogen (secondary N) is 1. The molecule has 0 saturated heterocycles. The number of rotatable bonds is 6. The Morgan fingerprint density at radius 1 is 1.25 bits per heavy atom. The summed E-state index contributed by atoms with van der Waals surface area (Å²) < 4.78 is 11.8. The number of carbonyl (C=O) groups is 2. The number of methoxy groups -OCH3 is 1. The van der Waals surface area contributed by atoms with E-state index in [1.807, 2.05) is 25.1 Å². The highest BCUT2D eigenvalue weighted by atomic mass is 16.5. The van der Waals surface area contributed by atoms with Crippen LogP contribution in [0, 0.1) is 13.8 Å². The van der Waals surface area contributed by atoms with Crippen molar-refractivity contribution in [3.05, 3.63) is 53.5 Å². The van der Waals surface area contributed by atoms with Crippen molar-refractivity contribution in [3.63, 3.8) is 0 Å². The number of carbonyl (C=O) groups excluding carboxylic acids is 2. The van der Waals surface area contributed by atoms with E-state index in [0.717, 1.165) is 11.3 Å². The molecule has 0 unspecified atom stereocenters. The van der Waals surface area contributed by atoms with Crippen molar-refractivity contribution in [2.45, 2.75) is 13.8 Å². The van der Waals surface area contributed by atoms with Gasteiger partial charge in [0.1, 0.15) is 17.2 Å². The van der Waals surface area contributed by atoms with Crippen molar-refractivity contribution < 1.29 is 18.8 Å². The molecule has 0 atom stereocenters. The predicted octanol–water partition coefficient (Wildman–Crippen LogP) is 2.20. The van der Waals surface area contributed by atoms with Gasteiger partial charge in [0, 0.05) is 19.3 Å². The monoisotopic (exact) mass is 383 g/mol. The third-order valence-corrected chi connectivity index (χ3v) is 4.01. The van der Waals surface area contributed by atoms with Gasteiger partial charge in [0.05, 0.1) is 13.7 Å². The molecule has 9 heteroatoms. The molecule has 0 aliphatic heterocycles. The van der Waals surface area contributed by atoms with Gasteiger partial charge in [-0.3, -0.25) is 9.59 Å². The summed E-state index contributed by atoms with van der Waals surface area (Å²) in [5.74, 6) is 0.764. The van der Waals surface area contributed by atoms with Crippen LogP contribution in [0.1, 0.15) is 21.8 Å². The number of benzene rings is 1. The highest BCUT2D eigenvalue weighted by molar-refractivity contribution is 5.97. The number of hydrogen-bond donors (Lipinski definition) is 1. The highest BCUT2D eigenvalue weighted by Crippen LogP contribution is 2.23. The first-order chi connectivity index (χ1) is 13.4. The number of nitrogens with zero attached hydrogens (tertiary/aromatic N) is 4. The molecule has 0 aliphatic carbocycles. The molecule has 1 N–H and O–H groups in total. The van der Waals surface area contributed by atoms with E-state index in [9.17, 15) is 9.59 Å². The Labute approximate surface area is 161 Å². The van der Waals surface area contributed by atoms with Crippen molar-refractivity contribution in [1.82, 2.24) is 19.8 Å². The molecule has 2 heterocycles. The molecule has 1 aromatic carbocycles. The van der Waals surface area contributed by atoms with E-state index in [4.69, 9.17) is 9.26 Å². The SMILES string of the molecule is COc1ccc(C)cc1-n1ccc(C(=O)N(C)CC(=O)Nc2cc(C)on2)n1. The molecule has 0 saturated carbocycles. The first-order valence-corrected chi connectivity index (χ1v) is 8.56. The fourth-order valence-corrected chi connectivity index (χ4v) is 2.64. The molecule has 28 heavy (non-hydrogen) atoms. The van der Waals surface area contributed by atoms with E-state index in [2.05, 4.69) is 15.6 Å². The molecule has 3 rings (SSSR count). The molecule has 0 fully saturated rings.